The fraction of sp³-hybridized carbons (Fsp3) is 0. The van der Waals surface area contributed by atoms with Crippen molar-refractivity contribution in [1.82, 2.24) is 8.75 Å². The molecule has 0 aliphatic rings. The van der Waals surface area contributed by atoms with Crippen molar-refractivity contribution in [1.29, 1.82) is 0 Å². The van der Waals surface area contributed by atoms with Gasteiger partial charge in [0.2, 0.25) is 5.91 Å². The zero-order valence-corrected chi connectivity index (χ0v) is 17.0. The van der Waals surface area contributed by atoms with Crippen LogP contribution in [0.3, 0.4) is 0 Å². The van der Waals surface area contributed by atoms with Crippen molar-refractivity contribution in [3.8, 4) is 11.3 Å². The van der Waals surface area contributed by atoms with Gasteiger partial charge in [-0.1, -0.05) is 34.8 Å². The highest BCUT2D eigenvalue weighted by atomic mass is 35.5. The molecular formula is C19H10Cl3N3O2S. The number of anilines is 1. The average Bonchev–Trinajstić information content (AvgIpc) is 3.32. The molecule has 0 unspecified atom stereocenters. The van der Waals surface area contributed by atoms with Crippen LogP contribution in [-0.2, 0) is 4.79 Å². The molecule has 1 amide bonds. The Labute approximate surface area is 178 Å². The molecule has 9 heteroatoms. The van der Waals surface area contributed by atoms with E-state index in [0.29, 0.717) is 48.9 Å². The molecular weight excluding hydrogens is 441 g/mol. The summed E-state index contributed by atoms with van der Waals surface area (Å²) in [5, 5.41) is 4.14. The van der Waals surface area contributed by atoms with Crippen LogP contribution in [0.4, 0.5) is 5.69 Å². The maximum Gasteiger partial charge on any atom is 0.248 e. The number of rotatable bonds is 4. The Bertz CT molecular complexity index is 1220. The van der Waals surface area contributed by atoms with Crippen molar-refractivity contribution in [3.05, 3.63) is 69.4 Å². The van der Waals surface area contributed by atoms with Crippen LogP contribution >= 0.6 is 46.5 Å². The Balaban J connectivity index is 1.51. The number of amides is 1. The molecule has 0 aliphatic heterocycles. The number of nitrogens with one attached hydrogen (secondary N) is 1. The summed E-state index contributed by atoms with van der Waals surface area (Å²) >= 11 is 19.3. The van der Waals surface area contributed by atoms with Gasteiger partial charge in [-0.3, -0.25) is 4.79 Å². The lowest BCUT2D eigenvalue weighted by Crippen LogP contribution is -2.08. The van der Waals surface area contributed by atoms with Crippen LogP contribution in [0, 0.1) is 0 Å². The summed E-state index contributed by atoms with van der Waals surface area (Å²) in [6, 6.07) is 12.1. The Hall–Kier alpha value is -2.38. The largest absolute Gasteiger partial charge is 0.457 e. The molecule has 0 fully saturated rings. The molecule has 28 heavy (non-hydrogen) atoms. The number of hydrogen-bond acceptors (Lipinski definition) is 5. The van der Waals surface area contributed by atoms with Gasteiger partial charge >= 0.3 is 0 Å². The smallest absolute Gasteiger partial charge is 0.248 e. The molecule has 5 nitrogen and oxygen atoms in total. The first-order valence-corrected chi connectivity index (χ1v) is 9.83. The predicted molar refractivity (Wildman–Crippen MR) is 114 cm³/mol. The zero-order valence-electron chi connectivity index (χ0n) is 13.9. The van der Waals surface area contributed by atoms with Crippen molar-refractivity contribution < 1.29 is 9.21 Å². The third kappa shape index (κ3) is 3.91. The van der Waals surface area contributed by atoms with E-state index in [1.165, 1.54) is 6.08 Å². The second-order valence-corrected chi connectivity index (χ2v) is 7.48. The number of halogens is 3. The van der Waals surface area contributed by atoms with Gasteiger partial charge in [-0.05, 0) is 48.5 Å². The molecule has 0 saturated heterocycles. The standard InChI is InChI=1S/C19H10Cl3N3O2S/c20-10-1-4-12(14(22)9-10)16-7-2-11(27-16)3-8-17(26)23-18-13(21)5-6-15-19(18)25-28-24-15/h1-9H,(H,23,26)/b8-3+. The van der Waals surface area contributed by atoms with E-state index in [1.807, 2.05) is 0 Å². The van der Waals surface area contributed by atoms with E-state index in [1.54, 1.807) is 48.5 Å². The van der Waals surface area contributed by atoms with Gasteiger partial charge in [0.05, 0.1) is 27.5 Å². The van der Waals surface area contributed by atoms with Gasteiger partial charge in [0.25, 0.3) is 0 Å². The number of fused-ring (bicyclic) bond motifs is 1. The Morgan fingerprint density at radius 3 is 2.71 bits per heavy atom. The fourth-order valence-corrected chi connectivity index (χ4v) is 3.79. The van der Waals surface area contributed by atoms with E-state index >= 15 is 0 Å². The molecule has 140 valence electrons. The minimum Gasteiger partial charge on any atom is -0.457 e. The lowest BCUT2D eigenvalue weighted by atomic mass is 10.2. The van der Waals surface area contributed by atoms with Gasteiger partial charge in [-0.2, -0.15) is 8.75 Å². The molecule has 2 aromatic carbocycles. The first kappa shape index (κ1) is 19.0. The Morgan fingerprint density at radius 2 is 1.89 bits per heavy atom. The number of aromatic nitrogens is 2. The number of benzene rings is 2. The topological polar surface area (TPSA) is 68.0 Å². The first-order valence-electron chi connectivity index (χ1n) is 7.96. The lowest BCUT2D eigenvalue weighted by Gasteiger charge is -2.04. The molecule has 0 spiro atoms. The number of nitrogens with zero attached hydrogens (tertiary/aromatic N) is 2. The highest BCUT2D eigenvalue weighted by molar-refractivity contribution is 7.00. The molecule has 0 aliphatic carbocycles. The van der Waals surface area contributed by atoms with E-state index in [0.717, 1.165) is 11.7 Å². The normalized spacial score (nSPS) is 11.4. The van der Waals surface area contributed by atoms with Crippen LogP contribution in [0.5, 0.6) is 0 Å². The molecule has 0 saturated carbocycles. The number of hydrogen-bond donors (Lipinski definition) is 1. The number of carbonyl (C=O) groups is 1. The van der Waals surface area contributed by atoms with Crippen LogP contribution in [0.25, 0.3) is 28.4 Å². The Kier molecular flexibility index (Phi) is 5.37. The van der Waals surface area contributed by atoms with E-state index < -0.39 is 0 Å². The SMILES string of the molecule is O=C(/C=C/c1ccc(-c2ccc(Cl)cc2Cl)o1)Nc1c(Cl)ccc2nsnc12. The minimum atomic E-state index is -0.370. The first-order chi connectivity index (χ1) is 13.5. The average molecular weight is 451 g/mol. The van der Waals surface area contributed by atoms with Crippen molar-refractivity contribution in [3.63, 3.8) is 0 Å². The highest BCUT2D eigenvalue weighted by Crippen LogP contribution is 2.32. The minimum absolute atomic E-state index is 0.370. The van der Waals surface area contributed by atoms with Crippen LogP contribution in [0.15, 0.2) is 53.0 Å². The summed E-state index contributed by atoms with van der Waals surface area (Å²) in [7, 11) is 0. The van der Waals surface area contributed by atoms with Gasteiger partial charge in [0, 0.05) is 16.7 Å². The maximum atomic E-state index is 12.3. The van der Waals surface area contributed by atoms with Gasteiger partial charge in [0.1, 0.15) is 22.6 Å². The fourth-order valence-electron chi connectivity index (χ4n) is 2.54. The van der Waals surface area contributed by atoms with Gasteiger partial charge in [-0.15, -0.1) is 0 Å². The molecule has 4 aromatic rings. The molecule has 4 rings (SSSR count). The van der Waals surface area contributed by atoms with Crippen LogP contribution in [-0.4, -0.2) is 14.7 Å². The Morgan fingerprint density at radius 1 is 1.04 bits per heavy atom. The third-order valence-corrected chi connectivity index (χ3v) is 5.25. The van der Waals surface area contributed by atoms with Crippen LogP contribution < -0.4 is 5.32 Å². The quantitative estimate of drug-likeness (QED) is 0.357. The number of furan rings is 1. The van der Waals surface area contributed by atoms with Crippen LogP contribution in [0.2, 0.25) is 15.1 Å². The van der Waals surface area contributed by atoms with E-state index in [-0.39, 0.29) is 5.91 Å². The molecule has 2 heterocycles. The molecule has 0 bridgehead atoms. The maximum absolute atomic E-state index is 12.3. The second-order valence-electron chi connectivity index (χ2n) is 5.70. The summed E-state index contributed by atoms with van der Waals surface area (Å²) in [5.74, 6) is 0.698. The van der Waals surface area contributed by atoms with Crippen molar-refractivity contribution in [2.75, 3.05) is 5.32 Å². The van der Waals surface area contributed by atoms with E-state index in [2.05, 4.69) is 14.1 Å². The summed E-state index contributed by atoms with van der Waals surface area (Å²) in [4.78, 5) is 12.3. The van der Waals surface area contributed by atoms with Crippen molar-refractivity contribution >= 4 is 75.2 Å². The molecule has 2 aromatic heterocycles. The number of carbonyl (C=O) groups excluding carboxylic acids is 1. The second kappa shape index (κ2) is 7.93. The van der Waals surface area contributed by atoms with E-state index in [9.17, 15) is 4.79 Å². The lowest BCUT2D eigenvalue weighted by molar-refractivity contribution is -0.111. The zero-order chi connectivity index (χ0) is 19.7. The van der Waals surface area contributed by atoms with Crippen molar-refractivity contribution in [2.45, 2.75) is 0 Å². The monoisotopic (exact) mass is 449 g/mol. The predicted octanol–water partition coefficient (Wildman–Crippen LogP) is 6.56. The summed E-state index contributed by atoms with van der Waals surface area (Å²) in [6.45, 7) is 0. The van der Waals surface area contributed by atoms with Gasteiger partial charge < -0.3 is 9.73 Å². The van der Waals surface area contributed by atoms with Crippen LogP contribution in [0.1, 0.15) is 5.76 Å². The molecule has 1 N–H and O–H groups in total. The molecule has 0 radical (unpaired) electrons. The molecule has 0 atom stereocenters. The van der Waals surface area contributed by atoms with Crippen molar-refractivity contribution in [2.24, 2.45) is 0 Å². The van der Waals surface area contributed by atoms with E-state index in [4.69, 9.17) is 39.2 Å². The summed E-state index contributed by atoms with van der Waals surface area (Å²) in [5.41, 5.74) is 2.36. The third-order valence-electron chi connectivity index (χ3n) is 3.85. The highest BCUT2D eigenvalue weighted by Gasteiger charge is 2.12. The van der Waals surface area contributed by atoms with Gasteiger partial charge in [0.15, 0.2) is 0 Å². The van der Waals surface area contributed by atoms with Gasteiger partial charge in [-0.25, -0.2) is 0 Å². The summed E-state index contributed by atoms with van der Waals surface area (Å²) in [6.07, 6.45) is 2.90. The summed E-state index contributed by atoms with van der Waals surface area (Å²) < 4.78 is 14.0.